The molecule has 0 saturated carbocycles. The first-order valence-electron chi connectivity index (χ1n) is 6.40. The van der Waals surface area contributed by atoms with E-state index in [4.69, 9.17) is 12.2 Å². The lowest BCUT2D eigenvalue weighted by Crippen LogP contribution is -1.91. The van der Waals surface area contributed by atoms with Crippen molar-refractivity contribution in [3.8, 4) is 11.3 Å². The van der Waals surface area contributed by atoms with E-state index in [9.17, 15) is 4.39 Å². The minimum Gasteiger partial charge on any atom is -0.329 e. The van der Waals surface area contributed by atoms with Crippen LogP contribution in [0.2, 0.25) is 0 Å². The van der Waals surface area contributed by atoms with Crippen molar-refractivity contribution in [1.29, 1.82) is 0 Å². The Labute approximate surface area is 126 Å². The molecule has 0 amide bonds. The molecule has 0 aliphatic rings. The normalized spacial score (nSPS) is 11.1. The molecular weight excluding hydrogens is 285 g/mol. The van der Waals surface area contributed by atoms with Gasteiger partial charge < -0.3 is 4.98 Å². The summed E-state index contributed by atoms with van der Waals surface area (Å²) in [5.74, 6) is -0.313. The van der Waals surface area contributed by atoms with Gasteiger partial charge in [0.05, 0.1) is 18.1 Å². The maximum absolute atomic E-state index is 13.5. The van der Waals surface area contributed by atoms with Crippen LogP contribution in [-0.2, 0) is 0 Å². The van der Waals surface area contributed by atoms with Crippen molar-refractivity contribution in [3.63, 3.8) is 0 Å². The highest BCUT2D eigenvalue weighted by Gasteiger charge is 2.02. The molecule has 3 aromatic rings. The summed E-state index contributed by atoms with van der Waals surface area (Å²) in [7, 11) is 0. The Morgan fingerprint density at radius 2 is 1.76 bits per heavy atom. The van der Waals surface area contributed by atoms with Crippen LogP contribution in [0.4, 0.5) is 4.39 Å². The van der Waals surface area contributed by atoms with Gasteiger partial charge in [0.25, 0.3) is 0 Å². The topological polar surface area (TPSA) is 33.1 Å². The molecule has 3 nitrogen and oxygen atoms in total. The fraction of sp³-hybridized carbons (Fsp3) is 0. The zero-order chi connectivity index (χ0) is 14.7. The fourth-order valence-corrected chi connectivity index (χ4v) is 2.15. The molecule has 3 rings (SSSR count). The fourth-order valence-electron chi connectivity index (χ4n) is 1.94. The molecule has 0 unspecified atom stereocenters. The zero-order valence-corrected chi connectivity index (χ0v) is 11.8. The first-order chi connectivity index (χ1) is 10.2. The third-order valence-corrected chi connectivity index (χ3v) is 3.30. The van der Waals surface area contributed by atoms with E-state index >= 15 is 0 Å². The van der Waals surface area contributed by atoms with E-state index in [-0.39, 0.29) is 5.82 Å². The second-order valence-electron chi connectivity index (χ2n) is 4.45. The van der Waals surface area contributed by atoms with Crippen LogP contribution < -0.4 is 0 Å². The lowest BCUT2D eigenvalue weighted by molar-refractivity contribution is 0.625. The van der Waals surface area contributed by atoms with E-state index in [1.165, 1.54) is 17.0 Å². The number of rotatable bonds is 3. The zero-order valence-electron chi connectivity index (χ0n) is 11.0. The summed E-state index contributed by atoms with van der Waals surface area (Å²) in [6, 6.07) is 16.3. The Morgan fingerprint density at radius 3 is 2.52 bits per heavy atom. The number of imidazole rings is 1. The maximum atomic E-state index is 13.5. The number of H-pyrrole nitrogens is 1. The Kier molecular flexibility index (Phi) is 3.75. The van der Waals surface area contributed by atoms with Gasteiger partial charge in [0, 0.05) is 5.56 Å². The summed E-state index contributed by atoms with van der Waals surface area (Å²) in [4.78, 5) is 3.08. The van der Waals surface area contributed by atoms with Crippen molar-refractivity contribution in [2.45, 2.75) is 0 Å². The number of nitrogens with one attached hydrogen (secondary N) is 1. The lowest BCUT2D eigenvalue weighted by atomic mass is 10.2. The van der Waals surface area contributed by atoms with Crippen LogP contribution in [0.15, 0.2) is 65.9 Å². The summed E-state index contributed by atoms with van der Waals surface area (Å²) < 4.78 is 15.5. The molecule has 1 N–H and O–H groups in total. The average Bonchev–Trinajstić information content (AvgIpc) is 2.89. The number of hydrogen-bond donors (Lipinski definition) is 1. The van der Waals surface area contributed by atoms with Gasteiger partial charge in [0.15, 0.2) is 4.77 Å². The number of nitrogens with zero attached hydrogens (tertiary/aromatic N) is 2. The van der Waals surface area contributed by atoms with E-state index in [1.807, 2.05) is 30.3 Å². The predicted octanol–water partition coefficient (Wildman–Crippen LogP) is 4.23. The number of hydrogen-bond acceptors (Lipinski definition) is 2. The monoisotopic (exact) mass is 297 g/mol. The highest BCUT2D eigenvalue weighted by Crippen LogP contribution is 2.16. The molecule has 0 aliphatic heterocycles. The molecule has 21 heavy (non-hydrogen) atoms. The van der Waals surface area contributed by atoms with Crippen LogP contribution in [-0.4, -0.2) is 15.9 Å². The smallest absolute Gasteiger partial charge is 0.198 e. The Bertz CT molecular complexity index is 834. The van der Waals surface area contributed by atoms with Gasteiger partial charge in [-0.05, 0) is 23.8 Å². The molecule has 5 heteroatoms. The predicted molar refractivity (Wildman–Crippen MR) is 84.4 cm³/mol. The van der Waals surface area contributed by atoms with E-state index in [2.05, 4.69) is 10.1 Å². The van der Waals surface area contributed by atoms with Crippen molar-refractivity contribution in [1.82, 2.24) is 9.66 Å². The summed E-state index contributed by atoms with van der Waals surface area (Å²) in [5.41, 5.74) is 2.30. The van der Waals surface area contributed by atoms with Crippen molar-refractivity contribution >= 4 is 18.4 Å². The number of aromatic nitrogens is 2. The highest BCUT2D eigenvalue weighted by molar-refractivity contribution is 7.71. The minimum atomic E-state index is -0.313. The van der Waals surface area contributed by atoms with Gasteiger partial charge in [0.2, 0.25) is 0 Å². The van der Waals surface area contributed by atoms with Gasteiger partial charge >= 0.3 is 0 Å². The summed E-state index contributed by atoms with van der Waals surface area (Å²) in [6.07, 6.45) is 3.24. The van der Waals surface area contributed by atoms with E-state index < -0.39 is 0 Å². The molecule has 0 radical (unpaired) electrons. The third kappa shape index (κ3) is 2.98. The Morgan fingerprint density at radius 1 is 1.05 bits per heavy atom. The number of halogens is 1. The van der Waals surface area contributed by atoms with Crippen LogP contribution in [0.1, 0.15) is 5.56 Å². The van der Waals surface area contributed by atoms with Gasteiger partial charge in [0.1, 0.15) is 5.82 Å². The van der Waals surface area contributed by atoms with Gasteiger partial charge in [-0.2, -0.15) is 5.10 Å². The first kappa shape index (κ1) is 13.5. The molecule has 1 heterocycles. The van der Waals surface area contributed by atoms with Crippen LogP contribution in [0.5, 0.6) is 0 Å². The molecule has 0 fully saturated rings. The molecule has 0 aliphatic carbocycles. The average molecular weight is 297 g/mol. The van der Waals surface area contributed by atoms with Crippen LogP contribution >= 0.6 is 12.2 Å². The highest BCUT2D eigenvalue weighted by atomic mass is 32.1. The van der Waals surface area contributed by atoms with Crippen molar-refractivity contribution in [2.24, 2.45) is 5.10 Å². The molecule has 104 valence electrons. The molecule has 0 bridgehead atoms. The van der Waals surface area contributed by atoms with Crippen LogP contribution in [0, 0.1) is 10.6 Å². The lowest BCUT2D eigenvalue weighted by Gasteiger charge is -1.95. The molecule has 0 atom stereocenters. The number of aromatic amines is 1. The second kappa shape index (κ2) is 5.85. The first-order valence-corrected chi connectivity index (χ1v) is 6.81. The molecule has 2 aromatic carbocycles. The van der Waals surface area contributed by atoms with Crippen molar-refractivity contribution < 1.29 is 4.39 Å². The van der Waals surface area contributed by atoms with Crippen LogP contribution in [0.3, 0.4) is 0 Å². The van der Waals surface area contributed by atoms with E-state index in [1.54, 1.807) is 24.4 Å². The minimum absolute atomic E-state index is 0.313. The molecule has 0 saturated heterocycles. The van der Waals surface area contributed by atoms with Gasteiger partial charge in [-0.1, -0.05) is 48.5 Å². The Hall–Kier alpha value is -2.53. The summed E-state index contributed by atoms with van der Waals surface area (Å²) >= 11 is 5.22. The van der Waals surface area contributed by atoms with Crippen molar-refractivity contribution in [2.75, 3.05) is 0 Å². The van der Waals surface area contributed by atoms with Crippen molar-refractivity contribution in [3.05, 3.63) is 76.9 Å². The SMILES string of the molecule is Fc1ccccc1/C=N/n1cc(-c2ccccc2)[nH]c1=S. The molecular formula is C16H12FN3S. The second-order valence-corrected chi connectivity index (χ2v) is 4.84. The summed E-state index contributed by atoms with van der Waals surface area (Å²) in [5, 5.41) is 4.20. The van der Waals surface area contributed by atoms with E-state index in [0.717, 1.165) is 11.3 Å². The van der Waals surface area contributed by atoms with Gasteiger partial charge in [-0.25, -0.2) is 9.07 Å². The van der Waals surface area contributed by atoms with Gasteiger partial charge in [-0.3, -0.25) is 0 Å². The maximum Gasteiger partial charge on any atom is 0.198 e. The van der Waals surface area contributed by atoms with Crippen LogP contribution in [0.25, 0.3) is 11.3 Å². The Balaban J connectivity index is 1.93. The molecule has 0 spiro atoms. The standard InChI is InChI=1S/C16H12FN3S/c17-14-9-5-4-8-13(14)10-18-20-11-15(19-16(20)21)12-6-2-1-3-7-12/h1-11H,(H,19,21)/b18-10+. The largest absolute Gasteiger partial charge is 0.329 e. The molecule has 1 aromatic heterocycles. The summed E-state index contributed by atoms with van der Waals surface area (Å²) in [6.45, 7) is 0. The van der Waals surface area contributed by atoms with Gasteiger partial charge in [-0.15, -0.1) is 0 Å². The van der Waals surface area contributed by atoms with E-state index in [0.29, 0.717) is 10.3 Å². The quantitative estimate of drug-likeness (QED) is 0.569. The third-order valence-electron chi connectivity index (χ3n) is 3.01. The number of benzene rings is 2.